The Labute approximate surface area is 78.3 Å². The lowest BCUT2D eigenvalue weighted by Gasteiger charge is -2.03. The Bertz CT molecular complexity index is 432. The normalized spacial score (nSPS) is 11.4. The van der Waals surface area contributed by atoms with Crippen LogP contribution in [0.25, 0.3) is 0 Å². The molecule has 0 atom stereocenters. The van der Waals surface area contributed by atoms with E-state index in [1.807, 2.05) is 0 Å². The number of rotatable bonds is 2. The van der Waals surface area contributed by atoms with E-state index in [0.29, 0.717) is 12.1 Å². The predicted molar refractivity (Wildman–Crippen MR) is 41.2 cm³/mol. The molecule has 0 bridgehead atoms. The number of hydrogen-bond donors (Lipinski definition) is 0. The summed E-state index contributed by atoms with van der Waals surface area (Å²) in [7, 11) is -4.10. The van der Waals surface area contributed by atoms with Crippen LogP contribution in [-0.4, -0.2) is 15.5 Å². The maximum absolute atomic E-state index is 12.8. The zero-order chi connectivity index (χ0) is 10.9. The lowest BCUT2D eigenvalue weighted by molar-refractivity contribution is 0.358. The number of benzene rings is 1. The molecule has 1 rings (SSSR count). The van der Waals surface area contributed by atoms with Crippen molar-refractivity contribution in [1.82, 2.24) is 0 Å². The van der Waals surface area contributed by atoms with Gasteiger partial charge in [-0.15, -0.1) is 3.89 Å². The molecular formula is C7H5F3O3S. The predicted octanol–water partition coefficient (Wildman–Crippen LogP) is 1.63. The van der Waals surface area contributed by atoms with Gasteiger partial charge in [0.15, 0.2) is 17.4 Å². The third kappa shape index (κ3) is 1.98. The fourth-order valence-electron chi connectivity index (χ4n) is 0.872. The molecule has 0 aliphatic heterocycles. The molecular weight excluding hydrogens is 221 g/mol. The van der Waals surface area contributed by atoms with Crippen LogP contribution in [0.2, 0.25) is 0 Å². The van der Waals surface area contributed by atoms with E-state index >= 15 is 0 Å². The molecule has 78 valence electrons. The Kier molecular flexibility index (Phi) is 2.70. The monoisotopic (exact) mass is 226 g/mol. The Morgan fingerprint density at radius 1 is 1.21 bits per heavy atom. The number of halogens is 3. The second-order valence-electron chi connectivity index (χ2n) is 2.36. The summed E-state index contributed by atoms with van der Waals surface area (Å²) < 4.78 is 62.9. The van der Waals surface area contributed by atoms with Gasteiger partial charge in [-0.3, -0.25) is 0 Å². The molecule has 7 heteroatoms. The van der Waals surface area contributed by atoms with Gasteiger partial charge in [0.2, 0.25) is 0 Å². The van der Waals surface area contributed by atoms with Gasteiger partial charge in [0.1, 0.15) is 4.90 Å². The molecule has 0 amide bonds. The molecule has 14 heavy (non-hydrogen) atoms. The van der Waals surface area contributed by atoms with Gasteiger partial charge < -0.3 is 4.74 Å². The van der Waals surface area contributed by atoms with E-state index in [-0.39, 0.29) is 0 Å². The van der Waals surface area contributed by atoms with Gasteiger partial charge in [0.05, 0.1) is 7.11 Å². The summed E-state index contributed by atoms with van der Waals surface area (Å²) in [4.78, 5) is -1.08. The number of ether oxygens (including phenoxy) is 1. The average Bonchev–Trinajstić information content (AvgIpc) is 2.01. The molecule has 0 aromatic heterocycles. The third-order valence-electron chi connectivity index (χ3n) is 1.46. The van der Waals surface area contributed by atoms with Crippen LogP contribution in [0.5, 0.6) is 5.75 Å². The summed E-state index contributed by atoms with van der Waals surface area (Å²) in [6.45, 7) is 0. The molecule has 1 aromatic rings. The Morgan fingerprint density at radius 2 is 1.64 bits per heavy atom. The molecule has 3 nitrogen and oxygen atoms in total. The topological polar surface area (TPSA) is 43.4 Å². The van der Waals surface area contributed by atoms with Crippen molar-refractivity contribution in [2.45, 2.75) is 4.90 Å². The average molecular weight is 226 g/mol. The van der Waals surface area contributed by atoms with E-state index in [2.05, 4.69) is 4.74 Å². The lowest BCUT2D eigenvalue weighted by Crippen LogP contribution is -1.98. The molecule has 0 heterocycles. The molecule has 0 aliphatic rings. The van der Waals surface area contributed by atoms with E-state index in [9.17, 15) is 21.1 Å². The van der Waals surface area contributed by atoms with E-state index in [1.54, 1.807) is 0 Å². The highest BCUT2D eigenvalue weighted by Gasteiger charge is 2.19. The minimum Gasteiger partial charge on any atom is -0.491 e. The van der Waals surface area contributed by atoms with Crippen LogP contribution in [0.3, 0.4) is 0 Å². The smallest absolute Gasteiger partial charge is 0.332 e. The van der Waals surface area contributed by atoms with Gasteiger partial charge in [-0.1, -0.05) is 0 Å². The standard InChI is InChI=1S/C7H5F3O3S/c1-13-7-5(8)2-4(3-6(7)9)14(10,11)12/h2-3H,1H3. The van der Waals surface area contributed by atoms with E-state index < -0.39 is 32.5 Å². The maximum Gasteiger partial charge on any atom is 0.332 e. The molecule has 0 radical (unpaired) electrons. The van der Waals surface area contributed by atoms with E-state index in [4.69, 9.17) is 0 Å². The molecule has 0 spiro atoms. The van der Waals surface area contributed by atoms with Gasteiger partial charge in [0.25, 0.3) is 0 Å². The minimum absolute atomic E-state index is 0.344. The summed E-state index contributed by atoms with van der Waals surface area (Å²) in [5.74, 6) is -3.30. The number of methoxy groups -OCH3 is 1. The molecule has 1 aromatic carbocycles. The van der Waals surface area contributed by atoms with Crippen molar-refractivity contribution in [3.05, 3.63) is 23.8 Å². The quantitative estimate of drug-likeness (QED) is 0.720. The zero-order valence-electron chi connectivity index (χ0n) is 6.92. The van der Waals surface area contributed by atoms with Crippen molar-refractivity contribution >= 4 is 10.2 Å². The first kappa shape index (κ1) is 10.8. The maximum atomic E-state index is 12.8. The summed E-state index contributed by atoms with van der Waals surface area (Å²) >= 11 is 0. The first-order valence-electron chi connectivity index (χ1n) is 3.34. The van der Waals surface area contributed by atoms with Gasteiger partial charge in [-0.05, 0) is 12.1 Å². The first-order chi connectivity index (χ1) is 6.36. The SMILES string of the molecule is COc1c(F)cc(S(=O)(=O)F)cc1F. The Morgan fingerprint density at radius 3 is 1.93 bits per heavy atom. The summed E-state index contributed by atoms with van der Waals surface area (Å²) in [6.07, 6.45) is 0. The highest BCUT2D eigenvalue weighted by molar-refractivity contribution is 7.86. The molecule has 0 saturated heterocycles. The van der Waals surface area contributed by atoms with Crippen LogP contribution in [0.1, 0.15) is 0 Å². The first-order valence-corrected chi connectivity index (χ1v) is 4.72. The number of hydrogen-bond acceptors (Lipinski definition) is 3. The molecule has 0 unspecified atom stereocenters. The molecule has 0 aliphatic carbocycles. The van der Waals surface area contributed by atoms with Gasteiger partial charge >= 0.3 is 10.2 Å². The van der Waals surface area contributed by atoms with Crippen molar-refractivity contribution in [3.63, 3.8) is 0 Å². The van der Waals surface area contributed by atoms with Gasteiger partial charge in [-0.25, -0.2) is 8.78 Å². The molecule has 0 fully saturated rings. The highest BCUT2D eigenvalue weighted by atomic mass is 32.3. The van der Waals surface area contributed by atoms with Crippen molar-refractivity contribution in [2.75, 3.05) is 7.11 Å². The van der Waals surface area contributed by atoms with Gasteiger partial charge in [0, 0.05) is 0 Å². The van der Waals surface area contributed by atoms with Crippen LogP contribution in [0.15, 0.2) is 17.0 Å². The lowest BCUT2D eigenvalue weighted by atomic mass is 10.3. The van der Waals surface area contributed by atoms with Crippen molar-refractivity contribution in [3.8, 4) is 5.75 Å². The zero-order valence-corrected chi connectivity index (χ0v) is 7.74. The Balaban J connectivity index is 3.43. The van der Waals surface area contributed by atoms with Crippen LogP contribution < -0.4 is 4.74 Å². The van der Waals surface area contributed by atoms with Crippen molar-refractivity contribution in [1.29, 1.82) is 0 Å². The fourth-order valence-corrected chi connectivity index (χ4v) is 1.36. The molecule has 0 N–H and O–H groups in total. The Hall–Kier alpha value is -1.24. The van der Waals surface area contributed by atoms with Crippen LogP contribution in [0, 0.1) is 11.6 Å². The van der Waals surface area contributed by atoms with Crippen LogP contribution in [0.4, 0.5) is 12.7 Å². The van der Waals surface area contributed by atoms with Crippen LogP contribution in [-0.2, 0) is 10.2 Å². The largest absolute Gasteiger partial charge is 0.491 e. The van der Waals surface area contributed by atoms with Gasteiger partial charge in [-0.2, -0.15) is 8.42 Å². The minimum atomic E-state index is -5.11. The summed E-state index contributed by atoms with van der Waals surface area (Å²) in [5, 5.41) is 0. The summed E-state index contributed by atoms with van der Waals surface area (Å²) in [6, 6.07) is 0.689. The fraction of sp³-hybridized carbons (Fsp3) is 0.143. The molecule has 0 saturated carbocycles. The highest BCUT2D eigenvalue weighted by Crippen LogP contribution is 2.25. The second-order valence-corrected chi connectivity index (χ2v) is 3.71. The van der Waals surface area contributed by atoms with E-state index in [0.717, 1.165) is 7.11 Å². The third-order valence-corrected chi connectivity index (χ3v) is 2.26. The second kappa shape index (κ2) is 3.49. The van der Waals surface area contributed by atoms with Crippen molar-refractivity contribution in [2.24, 2.45) is 0 Å². The van der Waals surface area contributed by atoms with E-state index in [1.165, 1.54) is 0 Å². The van der Waals surface area contributed by atoms with Crippen LogP contribution >= 0.6 is 0 Å². The van der Waals surface area contributed by atoms with Crippen molar-refractivity contribution < 1.29 is 25.8 Å². The summed E-state index contributed by atoms with van der Waals surface area (Å²) in [5.41, 5.74) is 0.